The van der Waals surface area contributed by atoms with E-state index in [-0.39, 0.29) is 29.4 Å². The molecule has 1 aromatic carbocycles. The zero-order valence-electron chi connectivity index (χ0n) is 13.6. The van der Waals surface area contributed by atoms with Crippen LogP contribution in [0.15, 0.2) is 23.2 Å². The summed E-state index contributed by atoms with van der Waals surface area (Å²) in [7, 11) is 1.60. The summed E-state index contributed by atoms with van der Waals surface area (Å²) < 4.78 is 11.1. The fourth-order valence-corrected chi connectivity index (χ4v) is 4.72. The van der Waals surface area contributed by atoms with Crippen LogP contribution in [0.4, 0.5) is 5.69 Å². The van der Waals surface area contributed by atoms with E-state index in [0.29, 0.717) is 34.8 Å². The maximum atomic E-state index is 6.14. The van der Waals surface area contributed by atoms with Gasteiger partial charge in [-0.2, -0.15) is 0 Å². The van der Waals surface area contributed by atoms with Crippen molar-refractivity contribution < 1.29 is 9.47 Å². The molecular weight excluding hydrogens is 441 g/mol. The van der Waals surface area contributed by atoms with E-state index in [0.717, 1.165) is 18.7 Å². The lowest BCUT2D eigenvalue weighted by atomic mass is 9.46. The molecule has 7 heteroatoms. The minimum atomic E-state index is 0. The van der Waals surface area contributed by atoms with Gasteiger partial charge in [-0.3, -0.25) is 0 Å². The molecule has 24 heavy (non-hydrogen) atoms. The highest BCUT2D eigenvalue weighted by Crippen LogP contribution is 2.64. The SMILES string of the molecule is COc1ccc(NC(N)=NC2C3CCOC3C23CCC3)cc1Cl.I. The molecule has 3 unspecified atom stereocenters. The molecule has 132 valence electrons. The summed E-state index contributed by atoms with van der Waals surface area (Å²) >= 11 is 6.14. The van der Waals surface area contributed by atoms with Gasteiger partial charge in [-0.1, -0.05) is 18.0 Å². The summed E-state index contributed by atoms with van der Waals surface area (Å²) in [4.78, 5) is 4.80. The van der Waals surface area contributed by atoms with Crippen LogP contribution < -0.4 is 15.8 Å². The Morgan fingerprint density at radius 1 is 1.46 bits per heavy atom. The van der Waals surface area contributed by atoms with Crippen molar-refractivity contribution in [3.05, 3.63) is 23.2 Å². The predicted octanol–water partition coefficient (Wildman–Crippen LogP) is 3.65. The lowest BCUT2D eigenvalue weighted by Crippen LogP contribution is -2.65. The summed E-state index contributed by atoms with van der Waals surface area (Å²) in [6.45, 7) is 0.866. The Morgan fingerprint density at radius 3 is 2.88 bits per heavy atom. The van der Waals surface area contributed by atoms with Crippen LogP contribution in [-0.4, -0.2) is 31.8 Å². The molecule has 0 radical (unpaired) electrons. The lowest BCUT2D eigenvalue weighted by Gasteiger charge is -2.61. The van der Waals surface area contributed by atoms with Crippen LogP contribution in [-0.2, 0) is 4.74 Å². The first-order chi connectivity index (χ1) is 11.1. The van der Waals surface area contributed by atoms with Crippen LogP contribution >= 0.6 is 35.6 Å². The molecule has 0 aromatic heterocycles. The summed E-state index contributed by atoms with van der Waals surface area (Å²) in [6, 6.07) is 5.79. The highest BCUT2D eigenvalue weighted by molar-refractivity contribution is 14.0. The number of nitrogens with one attached hydrogen (secondary N) is 1. The van der Waals surface area contributed by atoms with Gasteiger partial charge >= 0.3 is 0 Å². The van der Waals surface area contributed by atoms with Gasteiger partial charge in [-0.25, -0.2) is 4.99 Å². The average molecular weight is 464 g/mol. The third kappa shape index (κ3) is 2.76. The van der Waals surface area contributed by atoms with Gasteiger partial charge in [-0.05, 0) is 37.5 Å². The van der Waals surface area contributed by atoms with E-state index in [2.05, 4.69) is 5.32 Å². The Labute approximate surface area is 164 Å². The summed E-state index contributed by atoms with van der Waals surface area (Å²) in [6.07, 6.45) is 5.21. The molecule has 1 aliphatic heterocycles. The highest BCUT2D eigenvalue weighted by atomic mass is 127. The number of nitrogens with zero attached hydrogens (tertiary/aromatic N) is 1. The quantitative estimate of drug-likeness (QED) is 0.408. The van der Waals surface area contributed by atoms with Gasteiger partial charge in [0.25, 0.3) is 0 Å². The smallest absolute Gasteiger partial charge is 0.193 e. The molecule has 4 rings (SSSR count). The first kappa shape index (κ1) is 18.1. The van der Waals surface area contributed by atoms with E-state index in [1.54, 1.807) is 13.2 Å². The molecule has 1 heterocycles. The van der Waals surface area contributed by atoms with Crippen LogP contribution in [0, 0.1) is 11.3 Å². The van der Waals surface area contributed by atoms with Crippen molar-refractivity contribution in [2.75, 3.05) is 19.0 Å². The second-order valence-corrected chi connectivity index (χ2v) is 7.17. The number of methoxy groups -OCH3 is 1. The van der Waals surface area contributed by atoms with E-state index < -0.39 is 0 Å². The van der Waals surface area contributed by atoms with Gasteiger partial charge in [0, 0.05) is 23.6 Å². The summed E-state index contributed by atoms with van der Waals surface area (Å²) in [5, 5.41) is 3.70. The third-order valence-corrected chi connectivity index (χ3v) is 5.98. The molecule has 1 aromatic rings. The number of halogens is 2. The van der Waals surface area contributed by atoms with Gasteiger partial charge in [0.2, 0.25) is 0 Å². The van der Waals surface area contributed by atoms with Crippen molar-refractivity contribution in [2.24, 2.45) is 22.1 Å². The van der Waals surface area contributed by atoms with Gasteiger partial charge in [0.05, 0.1) is 24.3 Å². The Kier molecular flexibility index (Phi) is 5.18. The van der Waals surface area contributed by atoms with Crippen molar-refractivity contribution in [3.63, 3.8) is 0 Å². The fraction of sp³-hybridized carbons (Fsp3) is 0.588. The molecular formula is C17H23ClIN3O2. The number of benzene rings is 1. The maximum Gasteiger partial charge on any atom is 0.193 e. The number of ether oxygens (including phenoxy) is 2. The molecule has 3 fully saturated rings. The number of anilines is 1. The van der Waals surface area contributed by atoms with Crippen molar-refractivity contribution in [3.8, 4) is 5.75 Å². The van der Waals surface area contributed by atoms with Gasteiger partial charge in [0.15, 0.2) is 5.96 Å². The van der Waals surface area contributed by atoms with Crippen LogP contribution in [0.3, 0.4) is 0 Å². The van der Waals surface area contributed by atoms with Crippen LogP contribution in [0.5, 0.6) is 5.75 Å². The van der Waals surface area contributed by atoms with Crippen molar-refractivity contribution in [1.82, 2.24) is 0 Å². The molecule has 1 saturated heterocycles. The Balaban J connectivity index is 0.00000169. The Hall–Kier alpha value is -0.730. The Bertz CT molecular complexity index is 651. The van der Waals surface area contributed by atoms with Crippen molar-refractivity contribution in [2.45, 2.75) is 37.8 Å². The molecule has 0 bridgehead atoms. The number of aliphatic imine (C=N–C) groups is 1. The highest BCUT2D eigenvalue weighted by Gasteiger charge is 2.66. The number of rotatable bonds is 3. The van der Waals surface area contributed by atoms with E-state index >= 15 is 0 Å². The first-order valence-electron chi connectivity index (χ1n) is 8.19. The number of hydrogen-bond acceptors (Lipinski definition) is 3. The minimum absolute atomic E-state index is 0. The van der Waals surface area contributed by atoms with E-state index in [9.17, 15) is 0 Å². The molecule has 3 N–H and O–H groups in total. The zero-order chi connectivity index (χ0) is 16.0. The molecule has 2 saturated carbocycles. The van der Waals surface area contributed by atoms with E-state index in [1.807, 2.05) is 12.1 Å². The summed E-state index contributed by atoms with van der Waals surface area (Å²) in [5.74, 6) is 1.63. The van der Waals surface area contributed by atoms with Crippen LogP contribution in [0.25, 0.3) is 0 Å². The minimum Gasteiger partial charge on any atom is -0.495 e. The topological polar surface area (TPSA) is 68.9 Å². The number of hydrogen-bond donors (Lipinski definition) is 2. The first-order valence-corrected chi connectivity index (χ1v) is 8.57. The fourth-order valence-electron chi connectivity index (χ4n) is 4.46. The number of fused-ring (bicyclic) bond motifs is 2. The molecule has 0 amide bonds. The van der Waals surface area contributed by atoms with Gasteiger partial charge in [-0.15, -0.1) is 24.0 Å². The van der Waals surface area contributed by atoms with Crippen molar-refractivity contribution in [1.29, 1.82) is 0 Å². The average Bonchev–Trinajstić information content (AvgIpc) is 2.89. The largest absolute Gasteiger partial charge is 0.495 e. The second kappa shape index (κ2) is 6.88. The zero-order valence-corrected chi connectivity index (χ0v) is 16.7. The van der Waals surface area contributed by atoms with Crippen LogP contribution in [0.2, 0.25) is 5.02 Å². The molecule has 3 aliphatic rings. The normalized spacial score (nSPS) is 29.9. The third-order valence-electron chi connectivity index (χ3n) is 5.69. The monoisotopic (exact) mass is 463 g/mol. The molecule has 5 nitrogen and oxygen atoms in total. The number of guanidine groups is 1. The van der Waals surface area contributed by atoms with E-state index in [4.69, 9.17) is 31.8 Å². The molecule has 1 spiro atoms. The molecule has 3 atom stereocenters. The summed E-state index contributed by atoms with van der Waals surface area (Å²) in [5.41, 5.74) is 7.22. The lowest BCUT2D eigenvalue weighted by molar-refractivity contribution is -0.164. The van der Waals surface area contributed by atoms with Gasteiger partial charge < -0.3 is 20.5 Å². The second-order valence-electron chi connectivity index (χ2n) is 6.76. The Morgan fingerprint density at radius 2 is 2.25 bits per heavy atom. The van der Waals surface area contributed by atoms with Crippen LogP contribution in [0.1, 0.15) is 25.7 Å². The van der Waals surface area contributed by atoms with Crippen molar-refractivity contribution >= 4 is 47.2 Å². The maximum absolute atomic E-state index is 6.14. The number of nitrogens with two attached hydrogens (primary N) is 1. The molecule has 2 aliphatic carbocycles. The van der Waals surface area contributed by atoms with Gasteiger partial charge in [0.1, 0.15) is 5.75 Å². The predicted molar refractivity (Wildman–Crippen MR) is 107 cm³/mol. The van der Waals surface area contributed by atoms with E-state index in [1.165, 1.54) is 19.3 Å². The standard InChI is InChI=1S/C17H22ClN3O2.HI/c1-22-13-4-3-10(9-12(13)18)20-16(19)21-14-11-5-8-23-15(11)17(14)6-2-7-17;/h3-4,9,11,14-15H,2,5-8H2,1H3,(H3,19,20,21);1H.